The molecule has 0 saturated carbocycles. The minimum atomic E-state index is 0.0928. The van der Waals surface area contributed by atoms with Crippen LogP contribution in [0.5, 0.6) is 0 Å². The van der Waals surface area contributed by atoms with E-state index in [2.05, 4.69) is 17.2 Å². The lowest BCUT2D eigenvalue weighted by molar-refractivity contribution is -0.116. The minimum Gasteiger partial charge on any atom is -0.302 e. The summed E-state index contributed by atoms with van der Waals surface area (Å²) in [5, 5.41) is 3.60. The monoisotopic (exact) mass is 254 g/mol. The van der Waals surface area contributed by atoms with Crippen molar-refractivity contribution in [2.75, 3.05) is 5.32 Å². The summed E-state index contributed by atoms with van der Waals surface area (Å²) >= 11 is 1.55. The van der Waals surface area contributed by atoms with Crippen molar-refractivity contribution in [3.05, 3.63) is 10.6 Å². The number of nitrogens with one attached hydrogen (secondary N) is 1. The first kappa shape index (κ1) is 14.2. The Morgan fingerprint density at radius 3 is 2.53 bits per heavy atom. The van der Waals surface area contributed by atoms with Crippen molar-refractivity contribution < 1.29 is 4.79 Å². The summed E-state index contributed by atoms with van der Waals surface area (Å²) < 4.78 is 0. The number of hydrogen-bond acceptors (Lipinski definition) is 3. The number of carbonyl (C=O) groups excluding carboxylic acids is 1. The molecule has 96 valence electrons. The second-order valence-corrected chi connectivity index (χ2v) is 5.58. The molecule has 0 spiro atoms. The van der Waals surface area contributed by atoms with Crippen molar-refractivity contribution >= 4 is 22.4 Å². The molecule has 4 heteroatoms. The molecule has 0 radical (unpaired) electrons. The van der Waals surface area contributed by atoms with E-state index < -0.39 is 0 Å². The number of aryl methyl sites for hydroxylation is 2. The highest BCUT2D eigenvalue weighted by Gasteiger charge is 2.07. The van der Waals surface area contributed by atoms with Crippen LogP contribution in [0.25, 0.3) is 0 Å². The fourth-order valence-corrected chi connectivity index (χ4v) is 2.43. The van der Waals surface area contributed by atoms with Crippen molar-refractivity contribution in [3.63, 3.8) is 0 Å². The SMILES string of the molecule is CCCCCCCC(=O)Nc1nc(C)c(C)s1. The van der Waals surface area contributed by atoms with Crippen LogP contribution in [0.3, 0.4) is 0 Å². The van der Waals surface area contributed by atoms with Crippen LogP contribution in [0.15, 0.2) is 0 Å². The van der Waals surface area contributed by atoms with Crippen LogP contribution in [0.4, 0.5) is 5.13 Å². The number of amides is 1. The quantitative estimate of drug-likeness (QED) is 0.746. The van der Waals surface area contributed by atoms with Gasteiger partial charge < -0.3 is 5.32 Å². The Balaban J connectivity index is 2.21. The molecule has 0 saturated heterocycles. The molecule has 1 rings (SSSR count). The van der Waals surface area contributed by atoms with Gasteiger partial charge in [-0.2, -0.15) is 0 Å². The average molecular weight is 254 g/mol. The smallest absolute Gasteiger partial charge is 0.226 e. The van der Waals surface area contributed by atoms with Gasteiger partial charge in [0.05, 0.1) is 5.69 Å². The fraction of sp³-hybridized carbons (Fsp3) is 0.692. The normalized spacial score (nSPS) is 10.5. The summed E-state index contributed by atoms with van der Waals surface area (Å²) in [4.78, 5) is 17.1. The molecule has 0 aliphatic carbocycles. The van der Waals surface area contributed by atoms with E-state index in [1.807, 2.05) is 13.8 Å². The maximum absolute atomic E-state index is 11.6. The molecule has 0 bridgehead atoms. The summed E-state index contributed by atoms with van der Waals surface area (Å²) in [6, 6.07) is 0. The van der Waals surface area contributed by atoms with Crippen molar-refractivity contribution in [1.29, 1.82) is 0 Å². The molecule has 0 aromatic carbocycles. The summed E-state index contributed by atoms with van der Waals surface area (Å²) in [5.74, 6) is 0.0928. The third kappa shape index (κ3) is 5.31. The van der Waals surface area contributed by atoms with Crippen LogP contribution in [-0.4, -0.2) is 10.9 Å². The fourth-order valence-electron chi connectivity index (χ4n) is 1.60. The Morgan fingerprint density at radius 2 is 1.94 bits per heavy atom. The molecule has 1 N–H and O–H groups in total. The third-order valence-corrected chi connectivity index (χ3v) is 3.77. The van der Waals surface area contributed by atoms with Crippen LogP contribution in [0.1, 0.15) is 56.0 Å². The van der Waals surface area contributed by atoms with E-state index in [1.165, 1.54) is 24.1 Å². The van der Waals surface area contributed by atoms with Crippen LogP contribution in [0.2, 0.25) is 0 Å². The Labute approximate surface area is 108 Å². The van der Waals surface area contributed by atoms with Crippen LogP contribution < -0.4 is 5.32 Å². The lowest BCUT2D eigenvalue weighted by Gasteiger charge is -2.01. The molecule has 1 amide bonds. The van der Waals surface area contributed by atoms with E-state index in [9.17, 15) is 4.79 Å². The second-order valence-electron chi connectivity index (χ2n) is 4.37. The first-order valence-corrected chi connectivity index (χ1v) is 7.19. The van der Waals surface area contributed by atoms with E-state index in [4.69, 9.17) is 0 Å². The standard InChI is InChI=1S/C13H22N2OS/c1-4-5-6-7-8-9-12(16)15-13-14-10(2)11(3)17-13/h4-9H2,1-3H3,(H,14,15,16). The molecule has 0 fully saturated rings. The van der Waals surface area contributed by atoms with Crippen molar-refractivity contribution in [3.8, 4) is 0 Å². The van der Waals surface area contributed by atoms with Crippen LogP contribution in [-0.2, 0) is 4.79 Å². The number of thiazole rings is 1. The number of aromatic nitrogens is 1. The van der Waals surface area contributed by atoms with E-state index in [0.717, 1.165) is 23.7 Å². The van der Waals surface area contributed by atoms with Gasteiger partial charge in [-0.25, -0.2) is 4.98 Å². The van der Waals surface area contributed by atoms with E-state index in [0.29, 0.717) is 6.42 Å². The number of hydrogen-bond donors (Lipinski definition) is 1. The summed E-state index contributed by atoms with van der Waals surface area (Å²) in [7, 11) is 0. The molecule has 0 atom stereocenters. The molecular formula is C13H22N2OS. The molecule has 0 unspecified atom stereocenters. The number of rotatable bonds is 7. The zero-order valence-corrected chi connectivity index (χ0v) is 11.8. The van der Waals surface area contributed by atoms with Gasteiger partial charge in [0.2, 0.25) is 5.91 Å². The van der Waals surface area contributed by atoms with E-state index in [1.54, 1.807) is 11.3 Å². The summed E-state index contributed by atoms with van der Waals surface area (Å²) in [5.41, 5.74) is 1.01. The Kier molecular flexibility index (Phi) is 6.19. The highest BCUT2D eigenvalue weighted by Crippen LogP contribution is 2.21. The van der Waals surface area contributed by atoms with Crippen LogP contribution in [0, 0.1) is 13.8 Å². The van der Waals surface area contributed by atoms with Crippen molar-refractivity contribution in [2.45, 2.75) is 59.3 Å². The number of carbonyl (C=O) groups is 1. The minimum absolute atomic E-state index is 0.0928. The molecular weight excluding hydrogens is 232 g/mol. The molecule has 1 heterocycles. The lowest BCUT2D eigenvalue weighted by Crippen LogP contribution is -2.10. The predicted octanol–water partition coefficient (Wildman–Crippen LogP) is 4.06. The highest BCUT2D eigenvalue weighted by molar-refractivity contribution is 7.15. The van der Waals surface area contributed by atoms with Gasteiger partial charge in [-0.15, -0.1) is 11.3 Å². The van der Waals surface area contributed by atoms with Gasteiger partial charge in [-0.3, -0.25) is 4.79 Å². The van der Waals surface area contributed by atoms with E-state index in [-0.39, 0.29) is 5.91 Å². The first-order valence-electron chi connectivity index (χ1n) is 6.37. The summed E-state index contributed by atoms with van der Waals surface area (Å²) in [6.45, 7) is 6.18. The molecule has 1 aromatic heterocycles. The molecule has 0 aliphatic rings. The van der Waals surface area contributed by atoms with Crippen molar-refractivity contribution in [1.82, 2.24) is 4.98 Å². The third-order valence-electron chi connectivity index (χ3n) is 2.78. The van der Waals surface area contributed by atoms with Gasteiger partial charge in [0.25, 0.3) is 0 Å². The Morgan fingerprint density at radius 1 is 1.24 bits per heavy atom. The molecule has 0 aliphatic heterocycles. The Hall–Kier alpha value is -0.900. The second kappa shape index (κ2) is 7.43. The van der Waals surface area contributed by atoms with Crippen molar-refractivity contribution in [2.24, 2.45) is 0 Å². The largest absolute Gasteiger partial charge is 0.302 e. The maximum Gasteiger partial charge on any atom is 0.226 e. The first-order chi connectivity index (χ1) is 8.13. The number of unbranched alkanes of at least 4 members (excludes halogenated alkanes) is 4. The zero-order chi connectivity index (χ0) is 12.7. The Bertz CT molecular complexity index is 341. The maximum atomic E-state index is 11.6. The van der Waals surface area contributed by atoms with Gasteiger partial charge >= 0.3 is 0 Å². The predicted molar refractivity (Wildman–Crippen MR) is 73.6 cm³/mol. The highest BCUT2D eigenvalue weighted by atomic mass is 32.1. The molecule has 17 heavy (non-hydrogen) atoms. The zero-order valence-electron chi connectivity index (χ0n) is 11.0. The van der Waals surface area contributed by atoms with E-state index >= 15 is 0 Å². The van der Waals surface area contributed by atoms with Gasteiger partial charge in [0.1, 0.15) is 0 Å². The summed E-state index contributed by atoms with van der Waals surface area (Å²) in [6.07, 6.45) is 6.49. The van der Waals surface area contributed by atoms with Gasteiger partial charge in [0.15, 0.2) is 5.13 Å². The number of nitrogens with zero attached hydrogens (tertiary/aromatic N) is 1. The lowest BCUT2D eigenvalue weighted by atomic mass is 10.1. The average Bonchev–Trinajstić information content (AvgIpc) is 2.57. The van der Waals surface area contributed by atoms with Crippen LogP contribution >= 0.6 is 11.3 Å². The van der Waals surface area contributed by atoms with Gasteiger partial charge in [-0.1, -0.05) is 32.6 Å². The topological polar surface area (TPSA) is 42.0 Å². The number of anilines is 1. The van der Waals surface area contributed by atoms with Gasteiger partial charge in [0, 0.05) is 11.3 Å². The van der Waals surface area contributed by atoms with Gasteiger partial charge in [-0.05, 0) is 20.3 Å². The molecule has 1 aromatic rings. The molecule has 3 nitrogen and oxygen atoms in total.